The minimum Gasteiger partial charge on any atom is -0.557 e. The third kappa shape index (κ3) is 1.32. The minimum atomic E-state index is 0.161. The Balaban J connectivity index is 3.31. The molecule has 1 aromatic carbocycles. The van der Waals surface area contributed by atoms with E-state index in [-0.39, 0.29) is 5.75 Å². The van der Waals surface area contributed by atoms with Gasteiger partial charge < -0.3 is 17.2 Å². The summed E-state index contributed by atoms with van der Waals surface area (Å²) >= 11 is 3.20. The van der Waals surface area contributed by atoms with E-state index in [9.17, 15) is 0 Å². The number of benzene rings is 1. The highest BCUT2D eigenvalue weighted by Crippen LogP contribution is 2.26. The third-order valence-corrected chi connectivity index (χ3v) is 2.19. The highest BCUT2D eigenvalue weighted by Gasteiger charge is 1.78. The first-order chi connectivity index (χ1) is 4.61. The van der Waals surface area contributed by atoms with Gasteiger partial charge in [0.2, 0.25) is 0 Å². The molecular formula is C8H7BrO-2. The number of phenolic OH excluding ortho intramolecular Hbond substituents is 1. The summed E-state index contributed by atoms with van der Waals surface area (Å²) in [5.74, 6) is 0.161. The molecule has 0 heterocycles. The van der Waals surface area contributed by atoms with Gasteiger partial charge in [0.25, 0.3) is 0 Å². The number of halogens is 1. The lowest BCUT2D eigenvalue weighted by Crippen LogP contribution is -1.80. The van der Waals surface area contributed by atoms with Crippen LogP contribution in [-0.4, -0.2) is 5.11 Å². The Labute approximate surface area is 68.8 Å². The van der Waals surface area contributed by atoms with Crippen LogP contribution in [0, 0.1) is 26.0 Å². The molecule has 0 atom stereocenters. The molecule has 0 aliphatic heterocycles. The highest BCUT2D eigenvalue weighted by atomic mass is 79.9. The fraction of sp³-hybridized carbons (Fsp3) is 0.250. The Kier molecular flexibility index (Phi) is 2.00. The van der Waals surface area contributed by atoms with Crippen LogP contribution in [0.15, 0.2) is 4.47 Å². The molecule has 0 aliphatic rings. The summed E-state index contributed by atoms with van der Waals surface area (Å²) in [5, 5.41) is 9.16. The van der Waals surface area contributed by atoms with Gasteiger partial charge in [-0.1, -0.05) is 19.6 Å². The first-order valence-electron chi connectivity index (χ1n) is 2.91. The molecule has 54 valence electrons. The van der Waals surface area contributed by atoms with Crippen molar-refractivity contribution >= 4 is 15.9 Å². The molecule has 1 aromatic rings. The maximum Gasteiger partial charge on any atom is -0.0826 e. The van der Waals surface area contributed by atoms with E-state index in [1.165, 1.54) is 0 Å². The maximum atomic E-state index is 9.16. The zero-order chi connectivity index (χ0) is 7.72. The van der Waals surface area contributed by atoms with Crippen molar-refractivity contribution in [1.29, 1.82) is 0 Å². The third-order valence-electron chi connectivity index (χ3n) is 1.22. The molecular weight excluding hydrogens is 192 g/mol. The normalized spacial score (nSPS) is 9.90. The van der Waals surface area contributed by atoms with Crippen LogP contribution < -0.4 is 0 Å². The molecule has 1 rings (SSSR count). The first kappa shape index (κ1) is 7.61. The Bertz CT molecular complexity index is 232. The highest BCUT2D eigenvalue weighted by molar-refractivity contribution is 9.10. The van der Waals surface area contributed by atoms with Crippen molar-refractivity contribution in [3.05, 3.63) is 27.7 Å². The van der Waals surface area contributed by atoms with Crippen LogP contribution in [0.1, 0.15) is 11.1 Å². The van der Waals surface area contributed by atoms with Gasteiger partial charge in [-0.25, -0.2) is 15.9 Å². The number of hydrogen-bond donors (Lipinski definition) is 1. The standard InChI is InChI=1S/C8H7BrO/c1-5-3-6(2)8(9)7(10)4-5/h10H,1-2H3/q-2. The average molecular weight is 199 g/mol. The Morgan fingerprint density at radius 3 is 2.40 bits per heavy atom. The first-order valence-corrected chi connectivity index (χ1v) is 3.71. The van der Waals surface area contributed by atoms with Crippen molar-refractivity contribution in [3.8, 4) is 5.75 Å². The lowest BCUT2D eigenvalue weighted by Gasteiger charge is -2.23. The van der Waals surface area contributed by atoms with Crippen molar-refractivity contribution in [3.63, 3.8) is 0 Å². The van der Waals surface area contributed by atoms with Gasteiger partial charge >= 0.3 is 0 Å². The molecule has 0 saturated carbocycles. The van der Waals surface area contributed by atoms with E-state index in [0.29, 0.717) is 4.47 Å². The van der Waals surface area contributed by atoms with Gasteiger partial charge in [0, 0.05) is 0 Å². The lowest BCUT2D eigenvalue weighted by atomic mass is 10.1. The Morgan fingerprint density at radius 1 is 1.30 bits per heavy atom. The van der Waals surface area contributed by atoms with Gasteiger partial charge in [0.1, 0.15) is 0 Å². The Morgan fingerprint density at radius 2 is 1.90 bits per heavy atom. The predicted octanol–water partition coefficient (Wildman–Crippen LogP) is 2.37. The quantitative estimate of drug-likeness (QED) is 0.636. The number of rotatable bonds is 0. The summed E-state index contributed by atoms with van der Waals surface area (Å²) < 4.78 is 0.679. The van der Waals surface area contributed by atoms with Crippen molar-refractivity contribution in [1.82, 2.24) is 0 Å². The van der Waals surface area contributed by atoms with Gasteiger partial charge in [0.05, 0.1) is 0 Å². The SMILES string of the molecule is Cc1[c-]c(C)c(Br)c(O)[c-]1. The van der Waals surface area contributed by atoms with Crippen molar-refractivity contribution in [2.24, 2.45) is 0 Å². The van der Waals surface area contributed by atoms with Crippen LogP contribution in [0.25, 0.3) is 0 Å². The number of phenols is 1. The molecule has 0 amide bonds. The monoisotopic (exact) mass is 198 g/mol. The van der Waals surface area contributed by atoms with E-state index < -0.39 is 0 Å². The van der Waals surface area contributed by atoms with E-state index in [1.807, 2.05) is 13.8 Å². The van der Waals surface area contributed by atoms with Crippen LogP contribution in [0.4, 0.5) is 0 Å². The zero-order valence-electron chi connectivity index (χ0n) is 5.83. The minimum absolute atomic E-state index is 0.161. The smallest absolute Gasteiger partial charge is 0.0826 e. The van der Waals surface area contributed by atoms with Gasteiger partial charge in [-0.05, 0) is 0 Å². The summed E-state index contributed by atoms with van der Waals surface area (Å²) in [6.45, 7) is 3.73. The molecule has 0 bridgehead atoms. The predicted molar refractivity (Wildman–Crippen MR) is 43.0 cm³/mol. The number of aryl methyl sites for hydroxylation is 2. The van der Waals surface area contributed by atoms with E-state index in [1.54, 1.807) is 0 Å². The van der Waals surface area contributed by atoms with Gasteiger partial charge in [0.15, 0.2) is 0 Å². The van der Waals surface area contributed by atoms with Crippen LogP contribution >= 0.6 is 15.9 Å². The number of hydrogen-bond acceptors (Lipinski definition) is 1. The lowest BCUT2D eigenvalue weighted by molar-refractivity contribution is 0.469. The van der Waals surface area contributed by atoms with Gasteiger partial charge in [-0.2, -0.15) is 4.47 Å². The average Bonchev–Trinajstić information content (AvgIpc) is 1.82. The molecule has 1 nitrogen and oxygen atoms in total. The topological polar surface area (TPSA) is 20.2 Å². The second kappa shape index (κ2) is 2.62. The molecule has 1 N–H and O–H groups in total. The number of aromatic hydroxyl groups is 1. The van der Waals surface area contributed by atoms with Crippen LogP contribution in [0.3, 0.4) is 0 Å². The maximum absolute atomic E-state index is 9.16. The molecule has 0 radical (unpaired) electrons. The van der Waals surface area contributed by atoms with Gasteiger partial charge in [-0.3, -0.25) is 11.1 Å². The molecule has 0 aromatic heterocycles. The summed E-state index contributed by atoms with van der Waals surface area (Å²) in [5.41, 5.74) is 1.74. The summed E-state index contributed by atoms with van der Waals surface area (Å²) in [6, 6.07) is 5.75. The van der Waals surface area contributed by atoms with E-state index in [4.69, 9.17) is 5.11 Å². The molecule has 10 heavy (non-hydrogen) atoms. The summed E-state index contributed by atoms with van der Waals surface area (Å²) in [7, 11) is 0. The van der Waals surface area contributed by atoms with Crippen LogP contribution in [0.2, 0.25) is 0 Å². The molecule has 0 spiro atoms. The van der Waals surface area contributed by atoms with Crippen molar-refractivity contribution in [2.45, 2.75) is 13.8 Å². The van der Waals surface area contributed by atoms with E-state index in [2.05, 4.69) is 28.1 Å². The van der Waals surface area contributed by atoms with Crippen LogP contribution in [-0.2, 0) is 0 Å². The molecule has 0 aliphatic carbocycles. The molecule has 0 fully saturated rings. The fourth-order valence-corrected chi connectivity index (χ4v) is 0.976. The van der Waals surface area contributed by atoms with Crippen LogP contribution in [0.5, 0.6) is 5.75 Å². The summed E-state index contributed by atoms with van der Waals surface area (Å²) in [4.78, 5) is 0. The largest absolute Gasteiger partial charge is 0.557 e. The summed E-state index contributed by atoms with van der Waals surface area (Å²) in [6.07, 6.45) is 0. The second-order valence-electron chi connectivity index (χ2n) is 2.16. The van der Waals surface area contributed by atoms with E-state index in [0.717, 1.165) is 11.1 Å². The molecule has 0 saturated heterocycles. The molecule has 0 unspecified atom stereocenters. The van der Waals surface area contributed by atoms with Crippen molar-refractivity contribution < 1.29 is 5.11 Å². The second-order valence-corrected chi connectivity index (χ2v) is 2.96. The Hall–Kier alpha value is -0.500. The molecule has 2 heteroatoms. The van der Waals surface area contributed by atoms with Crippen molar-refractivity contribution in [2.75, 3.05) is 0 Å². The fourth-order valence-electron chi connectivity index (χ4n) is 0.777. The van der Waals surface area contributed by atoms with E-state index >= 15 is 0 Å². The zero-order valence-corrected chi connectivity index (χ0v) is 7.41. The van der Waals surface area contributed by atoms with Gasteiger partial charge in [-0.15, -0.1) is 0 Å².